The van der Waals surface area contributed by atoms with Crippen molar-refractivity contribution in [3.8, 4) is 0 Å². The van der Waals surface area contributed by atoms with E-state index in [-0.39, 0.29) is 0 Å². The van der Waals surface area contributed by atoms with Gasteiger partial charge in [-0.1, -0.05) is 35.4 Å². The van der Waals surface area contributed by atoms with Crippen LogP contribution in [0.15, 0.2) is 18.5 Å². The van der Waals surface area contributed by atoms with Crippen LogP contribution < -0.4 is 0 Å². The monoisotopic (exact) mass is 233 g/mol. The van der Waals surface area contributed by atoms with Crippen molar-refractivity contribution >= 4 is 41.9 Å². The zero-order valence-corrected chi connectivity index (χ0v) is 9.28. The van der Waals surface area contributed by atoms with Gasteiger partial charge in [-0.15, -0.1) is 0 Å². The van der Waals surface area contributed by atoms with Gasteiger partial charge in [0.05, 0.1) is 10.0 Å². The summed E-state index contributed by atoms with van der Waals surface area (Å²) in [5.74, 6) is 0.816. The van der Waals surface area contributed by atoms with Gasteiger partial charge in [-0.25, -0.2) is 0 Å². The average molecular weight is 234 g/mol. The molecule has 0 fully saturated rings. The molecule has 0 spiro atoms. The molecule has 0 saturated carbocycles. The molecule has 0 bridgehead atoms. The molecule has 1 heterocycles. The lowest BCUT2D eigenvalue weighted by molar-refractivity contribution is 1.26. The molecule has 0 aliphatic rings. The lowest BCUT2D eigenvalue weighted by Crippen LogP contribution is -1.80. The Balaban J connectivity index is 2.87. The van der Waals surface area contributed by atoms with Gasteiger partial charge in [0, 0.05) is 18.0 Å². The van der Waals surface area contributed by atoms with E-state index in [2.05, 4.69) is 17.6 Å². The second-order valence-corrected chi connectivity index (χ2v) is 3.69. The number of aromatic nitrogens is 1. The van der Waals surface area contributed by atoms with Gasteiger partial charge in [-0.05, 0) is 12.2 Å². The number of hydrogen-bond donors (Lipinski definition) is 1. The molecule has 0 amide bonds. The van der Waals surface area contributed by atoms with Crippen molar-refractivity contribution in [3.05, 3.63) is 34.1 Å². The Kier molecular flexibility index (Phi) is 4.64. The first-order valence-electron chi connectivity index (χ1n) is 3.82. The highest BCUT2D eigenvalue weighted by molar-refractivity contribution is 7.80. The molecule has 0 N–H and O–H groups in total. The maximum absolute atomic E-state index is 5.89. The van der Waals surface area contributed by atoms with E-state index in [1.165, 1.54) is 0 Å². The van der Waals surface area contributed by atoms with Crippen LogP contribution in [0.25, 0.3) is 6.08 Å². The van der Waals surface area contributed by atoms with E-state index in [1.807, 2.05) is 12.2 Å². The van der Waals surface area contributed by atoms with Gasteiger partial charge in [0.25, 0.3) is 0 Å². The maximum Gasteiger partial charge on any atom is 0.0676 e. The first-order valence-corrected chi connectivity index (χ1v) is 5.21. The van der Waals surface area contributed by atoms with Crippen molar-refractivity contribution in [1.29, 1.82) is 0 Å². The summed E-state index contributed by atoms with van der Waals surface area (Å²) in [6.07, 6.45) is 7.93. The standard InChI is InChI=1S/C9H9Cl2NS/c10-8-5-12-6-9(11)7(8)3-1-2-4-13/h1,3,5-6,13H,2,4H2. The van der Waals surface area contributed by atoms with E-state index in [4.69, 9.17) is 23.2 Å². The lowest BCUT2D eigenvalue weighted by Gasteiger charge is -1.99. The molecule has 1 nitrogen and oxygen atoms in total. The molecular weight excluding hydrogens is 225 g/mol. The highest BCUT2D eigenvalue weighted by Crippen LogP contribution is 2.24. The largest absolute Gasteiger partial charge is 0.262 e. The van der Waals surface area contributed by atoms with E-state index in [0.717, 1.165) is 17.7 Å². The predicted molar refractivity (Wildman–Crippen MR) is 61.8 cm³/mol. The Bertz CT molecular complexity index is 292. The summed E-state index contributed by atoms with van der Waals surface area (Å²) in [5, 5.41) is 1.14. The van der Waals surface area contributed by atoms with Crippen LogP contribution in [0.3, 0.4) is 0 Å². The van der Waals surface area contributed by atoms with Gasteiger partial charge in [-0.3, -0.25) is 4.98 Å². The van der Waals surface area contributed by atoms with Gasteiger partial charge in [0.15, 0.2) is 0 Å². The fourth-order valence-electron chi connectivity index (χ4n) is 0.856. The molecule has 0 atom stereocenters. The zero-order valence-electron chi connectivity index (χ0n) is 6.87. The number of pyridine rings is 1. The van der Waals surface area contributed by atoms with E-state index in [0.29, 0.717) is 10.0 Å². The van der Waals surface area contributed by atoms with E-state index >= 15 is 0 Å². The van der Waals surface area contributed by atoms with E-state index in [9.17, 15) is 0 Å². The van der Waals surface area contributed by atoms with E-state index in [1.54, 1.807) is 12.4 Å². The first-order chi connectivity index (χ1) is 6.25. The SMILES string of the molecule is SCCC=Cc1c(Cl)cncc1Cl. The Hall–Kier alpha value is -0.180. The third kappa shape index (κ3) is 3.22. The van der Waals surface area contributed by atoms with Crippen molar-refractivity contribution in [3.63, 3.8) is 0 Å². The summed E-state index contributed by atoms with van der Waals surface area (Å²) < 4.78 is 0. The highest BCUT2D eigenvalue weighted by atomic mass is 35.5. The number of halogens is 2. The summed E-state index contributed by atoms with van der Waals surface area (Å²) in [6.45, 7) is 0. The normalized spacial score (nSPS) is 11.0. The molecule has 0 aromatic carbocycles. The quantitative estimate of drug-likeness (QED) is 0.786. The van der Waals surface area contributed by atoms with Crippen LogP contribution in [0.4, 0.5) is 0 Å². The van der Waals surface area contributed by atoms with Crippen LogP contribution in [0.5, 0.6) is 0 Å². The van der Waals surface area contributed by atoms with Crippen molar-refractivity contribution in [2.24, 2.45) is 0 Å². The number of rotatable bonds is 3. The van der Waals surface area contributed by atoms with Crippen molar-refractivity contribution in [1.82, 2.24) is 4.98 Å². The van der Waals surface area contributed by atoms with Gasteiger partial charge in [-0.2, -0.15) is 12.6 Å². The predicted octanol–water partition coefficient (Wildman–Crippen LogP) is 3.72. The van der Waals surface area contributed by atoms with Crippen molar-refractivity contribution in [2.45, 2.75) is 6.42 Å². The van der Waals surface area contributed by atoms with Gasteiger partial charge >= 0.3 is 0 Å². The number of hydrogen-bond acceptors (Lipinski definition) is 2. The third-order valence-corrected chi connectivity index (χ3v) is 2.33. The Morgan fingerprint density at radius 3 is 2.46 bits per heavy atom. The summed E-state index contributed by atoms with van der Waals surface area (Å²) in [6, 6.07) is 0. The van der Waals surface area contributed by atoms with Crippen LogP contribution in [0, 0.1) is 0 Å². The van der Waals surface area contributed by atoms with Crippen molar-refractivity contribution < 1.29 is 0 Å². The Labute approximate surface area is 93.2 Å². The minimum absolute atomic E-state index is 0.572. The van der Waals surface area contributed by atoms with Gasteiger partial charge in [0.1, 0.15) is 0 Å². The molecule has 1 aromatic rings. The fourth-order valence-corrected chi connectivity index (χ4v) is 1.50. The topological polar surface area (TPSA) is 12.9 Å². The average Bonchev–Trinajstić information content (AvgIpc) is 2.10. The van der Waals surface area contributed by atoms with Crippen molar-refractivity contribution in [2.75, 3.05) is 5.75 Å². The molecular formula is C9H9Cl2NS. The second-order valence-electron chi connectivity index (χ2n) is 2.43. The smallest absolute Gasteiger partial charge is 0.0676 e. The summed E-state index contributed by atoms with van der Waals surface area (Å²) in [5.41, 5.74) is 0.820. The summed E-state index contributed by atoms with van der Waals surface area (Å²) in [4.78, 5) is 3.86. The van der Waals surface area contributed by atoms with Crippen LogP contribution in [-0.2, 0) is 0 Å². The minimum atomic E-state index is 0.572. The second kappa shape index (κ2) is 5.53. The van der Waals surface area contributed by atoms with Gasteiger partial charge in [0.2, 0.25) is 0 Å². The molecule has 0 aliphatic carbocycles. The Morgan fingerprint density at radius 1 is 1.31 bits per heavy atom. The minimum Gasteiger partial charge on any atom is -0.262 e. The fraction of sp³-hybridized carbons (Fsp3) is 0.222. The summed E-state index contributed by atoms with van der Waals surface area (Å²) >= 11 is 15.9. The lowest BCUT2D eigenvalue weighted by atomic mass is 10.2. The Morgan fingerprint density at radius 2 is 1.92 bits per heavy atom. The molecule has 1 rings (SSSR count). The molecule has 0 unspecified atom stereocenters. The highest BCUT2D eigenvalue weighted by Gasteiger charge is 2.00. The molecule has 13 heavy (non-hydrogen) atoms. The molecule has 0 aliphatic heterocycles. The molecule has 4 heteroatoms. The number of thiol groups is 1. The van der Waals surface area contributed by atoms with Crippen LogP contribution in [0.1, 0.15) is 12.0 Å². The third-order valence-electron chi connectivity index (χ3n) is 1.47. The van der Waals surface area contributed by atoms with Crippen LogP contribution in [0.2, 0.25) is 10.0 Å². The zero-order chi connectivity index (χ0) is 9.68. The first kappa shape index (κ1) is 10.9. The van der Waals surface area contributed by atoms with Gasteiger partial charge < -0.3 is 0 Å². The van der Waals surface area contributed by atoms with Crippen LogP contribution >= 0.6 is 35.8 Å². The number of allylic oxidation sites excluding steroid dienone is 1. The van der Waals surface area contributed by atoms with Crippen LogP contribution in [-0.4, -0.2) is 10.7 Å². The summed E-state index contributed by atoms with van der Waals surface area (Å²) in [7, 11) is 0. The number of nitrogens with zero attached hydrogens (tertiary/aromatic N) is 1. The van der Waals surface area contributed by atoms with E-state index < -0.39 is 0 Å². The molecule has 0 radical (unpaired) electrons. The molecule has 1 aromatic heterocycles. The molecule has 0 saturated heterocycles. The maximum atomic E-state index is 5.89. The molecule has 70 valence electrons.